The molecule has 1 fully saturated rings. The Kier molecular flexibility index (Phi) is 4.92. The second kappa shape index (κ2) is 6.83. The number of rotatable bonds is 4. The highest BCUT2D eigenvalue weighted by Crippen LogP contribution is 2.56. The second-order valence-corrected chi connectivity index (χ2v) is 7.53. The van der Waals surface area contributed by atoms with Crippen LogP contribution in [0.1, 0.15) is 39.4 Å². The normalized spacial score (nSPS) is 34.2. The molecule has 136 valence electrons. The van der Waals surface area contributed by atoms with Crippen molar-refractivity contribution in [2.75, 3.05) is 20.3 Å². The smallest absolute Gasteiger partial charge is 0.302 e. The van der Waals surface area contributed by atoms with E-state index < -0.39 is 0 Å². The Morgan fingerprint density at radius 3 is 2.56 bits per heavy atom. The highest BCUT2D eigenvalue weighted by molar-refractivity contribution is 5.66. The lowest BCUT2D eigenvalue weighted by molar-refractivity contribution is -0.180. The van der Waals surface area contributed by atoms with Crippen LogP contribution in [0.15, 0.2) is 35.9 Å². The minimum Gasteiger partial charge on any atom is -0.497 e. The van der Waals surface area contributed by atoms with Crippen LogP contribution in [0.2, 0.25) is 0 Å². The third-order valence-corrected chi connectivity index (χ3v) is 6.24. The maximum Gasteiger partial charge on any atom is 0.302 e. The van der Waals surface area contributed by atoms with Gasteiger partial charge in [0.15, 0.2) is 0 Å². The number of hydrogen-bond donors (Lipinski definition) is 0. The third kappa shape index (κ3) is 3.08. The van der Waals surface area contributed by atoms with Gasteiger partial charge in [-0.05, 0) is 36.5 Å². The highest BCUT2D eigenvalue weighted by Gasteiger charge is 2.54. The lowest BCUT2D eigenvalue weighted by atomic mass is 9.56. The fraction of sp³-hybridized carbons (Fsp3) is 0.571. The first-order valence-corrected chi connectivity index (χ1v) is 8.96. The Labute approximate surface area is 150 Å². The van der Waals surface area contributed by atoms with Crippen molar-refractivity contribution in [1.29, 1.82) is 0 Å². The largest absolute Gasteiger partial charge is 0.497 e. The molecule has 1 aliphatic heterocycles. The standard InChI is InChI=1S/C21H28O4/c1-13-10-14(2)21(11-24-16(4)22)12-25-20(19(13)15(21)3)17-6-8-18(23-5)9-7-17/h6-10,14-15,19-20H,11-12H2,1-5H3/t14-,15+,19+,20-,21-/m1/s1. The number of methoxy groups -OCH3 is 1. The summed E-state index contributed by atoms with van der Waals surface area (Å²) in [4.78, 5) is 11.4. The van der Waals surface area contributed by atoms with Crippen LogP contribution in [0.4, 0.5) is 0 Å². The molecule has 1 aliphatic carbocycles. The number of fused-ring (bicyclic) bond motifs is 2. The Bertz CT molecular complexity index is 663. The number of hydrogen-bond acceptors (Lipinski definition) is 4. The number of allylic oxidation sites excluding steroid dienone is 1. The Morgan fingerprint density at radius 1 is 1.28 bits per heavy atom. The predicted molar refractivity (Wildman–Crippen MR) is 96.3 cm³/mol. The molecule has 0 radical (unpaired) electrons. The van der Waals surface area contributed by atoms with Gasteiger partial charge in [-0.3, -0.25) is 4.79 Å². The van der Waals surface area contributed by atoms with E-state index >= 15 is 0 Å². The predicted octanol–water partition coefficient (Wildman–Crippen LogP) is 4.16. The number of carbonyl (C=O) groups excluding carboxylic acids is 1. The lowest BCUT2D eigenvalue weighted by Gasteiger charge is -2.55. The minimum atomic E-state index is -0.228. The summed E-state index contributed by atoms with van der Waals surface area (Å²) in [6.45, 7) is 9.16. The van der Waals surface area contributed by atoms with E-state index in [2.05, 4.69) is 39.0 Å². The van der Waals surface area contributed by atoms with Crippen LogP contribution >= 0.6 is 0 Å². The molecule has 0 amide bonds. The molecule has 1 heterocycles. The average Bonchev–Trinajstić information content (AvgIpc) is 2.59. The van der Waals surface area contributed by atoms with E-state index in [9.17, 15) is 4.79 Å². The zero-order valence-electron chi connectivity index (χ0n) is 15.7. The van der Waals surface area contributed by atoms with Gasteiger partial charge in [-0.15, -0.1) is 0 Å². The average molecular weight is 344 g/mol. The molecule has 0 aromatic heterocycles. The highest BCUT2D eigenvalue weighted by atomic mass is 16.5. The number of esters is 1. The summed E-state index contributed by atoms with van der Waals surface area (Å²) in [7, 11) is 1.67. The molecular formula is C21H28O4. The summed E-state index contributed by atoms with van der Waals surface area (Å²) in [5.41, 5.74) is 2.37. The Hall–Kier alpha value is -1.81. The van der Waals surface area contributed by atoms with Crippen molar-refractivity contribution in [1.82, 2.24) is 0 Å². The van der Waals surface area contributed by atoms with E-state index in [1.165, 1.54) is 18.1 Å². The molecule has 3 rings (SSSR count). The monoisotopic (exact) mass is 344 g/mol. The van der Waals surface area contributed by atoms with Gasteiger partial charge in [0.05, 0.1) is 26.4 Å². The second-order valence-electron chi connectivity index (χ2n) is 7.53. The van der Waals surface area contributed by atoms with Crippen molar-refractivity contribution in [3.63, 3.8) is 0 Å². The van der Waals surface area contributed by atoms with E-state index in [4.69, 9.17) is 14.2 Å². The molecule has 4 heteroatoms. The van der Waals surface area contributed by atoms with Crippen LogP contribution in [0.5, 0.6) is 5.75 Å². The van der Waals surface area contributed by atoms with E-state index in [1.54, 1.807) is 7.11 Å². The molecule has 5 atom stereocenters. The van der Waals surface area contributed by atoms with Crippen molar-refractivity contribution < 1.29 is 19.0 Å². The maximum absolute atomic E-state index is 11.4. The summed E-state index contributed by atoms with van der Waals surface area (Å²) < 4.78 is 17.1. The molecule has 2 bridgehead atoms. The van der Waals surface area contributed by atoms with Crippen molar-refractivity contribution in [3.05, 3.63) is 41.5 Å². The fourth-order valence-corrected chi connectivity index (χ4v) is 4.59. The first-order valence-electron chi connectivity index (χ1n) is 8.96. The molecule has 0 unspecified atom stereocenters. The molecule has 25 heavy (non-hydrogen) atoms. The van der Waals surface area contributed by atoms with Crippen LogP contribution in [0.3, 0.4) is 0 Å². The molecule has 1 aromatic carbocycles. The summed E-state index contributed by atoms with van der Waals surface area (Å²) in [6.07, 6.45) is 2.36. The summed E-state index contributed by atoms with van der Waals surface area (Å²) in [5.74, 6) is 1.59. The third-order valence-electron chi connectivity index (χ3n) is 6.24. The van der Waals surface area contributed by atoms with Crippen LogP contribution in [0.25, 0.3) is 0 Å². The van der Waals surface area contributed by atoms with Gasteiger partial charge < -0.3 is 14.2 Å². The van der Waals surface area contributed by atoms with E-state index in [0.29, 0.717) is 25.0 Å². The lowest BCUT2D eigenvalue weighted by Crippen LogP contribution is -2.54. The first kappa shape index (κ1) is 18.0. The quantitative estimate of drug-likeness (QED) is 0.607. The minimum absolute atomic E-state index is 0.0232. The number of ether oxygens (including phenoxy) is 3. The van der Waals surface area contributed by atoms with Gasteiger partial charge in [0.1, 0.15) is 5.75 Å². The molecule has 4 nitrogen and oxygen atoms in total. The summed E-state index contributed by atoms with van der Waals surface area (Å²) in [6, 6.07) is 8.13. The number of benzene rings is 1. The summed E-state index contributed by atoms with van der Waals surface area (Å²) >= 11 is 0. The van der Waals surface area contributed by atoms with Gasteiger partial charge >= 0.3 is 5.97 Å². The first-order chi connectivity index (χ1) is 11.9. The zero-order valence-corrected chi connectivity index (χ0v) is 15.7. The number of carbonyl (C=O) groups is 1. The Balaban J connectivity index is 1.92. The van der Waals surface area contributed by atoms with Crippen molar-refractivity contribution in [3.8, 4) is 5.75 Å². The molecule has 1 aromatic rings. The van der Waals surface area contributed by atoms with Crippen molar-refractivity contribution >= 4 is 5.97 Å². The van der Waals surface area contributed by atoms with Crippen LogP contribution in [-0.4, -0.2) is 26.3 Å². The Morgan fingerprint density at radius 2 is 1.96 bits per heavy atom. The maximum atomic E-state index is 11.4. The topological polar surface area (TPSA) is 44.8 Å². The zero-order chi connectivity index (χ0) is 18.2. The van der Waals surface area contributed by atoms with Gasteiger partial charge in [0.2, 0.25) is 0 Å². The van der Waals surface area contributed by atoms with Crippen LogP contribution in [0, 0.1) is 23.2 Å². The van der Waals surface area contributed by atoms with Gasteiger partial charge in [-0.2, -0.15) is 0 Å². The van der Waals surface area contributed by atoms with E-state index in [0.717, 1.165) is 5.75 Å². The molecule has 2 aliphatic rings. The van der Waals surface area contributed by atoms with Gasteiger partial charge in [-0.1, -0.05) is 37.6 Å². The van der Waals surface area contributed by atoms with Gasteiger partial charge in [-0.25, -0.2) is 0 Å². The molecule has 0 N–H and O–H groups in total. The van der Waals surface area contributed by atoms with Crippen molar-refractivity contribution in [2.45, 2.75) is 33.8 Å². The van der Waals surface area contributed by atoms with Gasteiger partial charge in [0.25, 0.3) is 0 Å². The molecule has 0 saturated carbocycles. The van der Waals surface area contributed by atoms with Gasteiger partial charge in [0, 0.05) is 18.3 Å². The summed E-state index contributed by atoms with van der Waals surface area (Å²) in [5, 5.41) is 0. The molecule has 1 saturated heterocycles. The van der Waals surface area contributed by atoms with Crippen LogP contribution in [-0.2, 0) is 14.3 Å². The molecular weight excluding hydrogens is 316 g/mol. The van der Waals surface area contributed by atoms with E-state index in [1.807, 2.05) is 12.1 Å². The molecule has 0 spiro atoms. The SMILES string of the molecule is COc1ccc([C@H]2OC[C@]3(COC(C)=O)[C@H](C)C=C(C)[C@H]2[C@@H]3C)cc1. The van der Waals surface area contributed by atoms with Crippen molar-refractivity contribution in [2.24, 2.45) is 23.2 Å². The van der Waals surface area contributed by atoms with E-state index in [-0.39, 0.29) is 23.4 Å². The fourth-order valence-electron chi connectivity index (χ4n) is 4.59. The van der Waals surface area contributed by atoms with Crippen LogP contribution < -0.4 is 4.74 Å².